The van der Waals surface area contributed by atoms with Gasteiger partial charge in [0.1, 0.15) is 0 Å². The first kappa shape index (κ1) is 12.4. The molecule has 0 rings (SSSR count). The van der Waals surface area contributed by atoms with E-state index in [0.717, 1.165) is 5.54 Å². The quantitative estimate of drug-likeness (QED) is 0.415. The van der Waals surface area contributed by atoms with E-state index in [9.17, 15) is 0 Å². The zero-order valence-corrected chi connectivity index (χ0v) is 13.2. The molecule has 1 atom stereocenters. The Labute approximate surface area is 84.4 Å². The fraction of sp³-hybridized carbons (Fsp3) is 1.00. The van der Waals surface area contributed by atoms with Crippen LogP contribution >= 0.6 is 0 Å². The molecule has 1 unspecified atom stereocenters. The van der Waals surface area contributed by atoms with Gasteiger partial charge in [-0.3, -0.25) is 0 Å². The highest BCUT2D eigenvalue weighted by Gasteiger charge is 1.97. The molecule has 0 aromatic heterocycles. The Morgan fingerprint density at radius 2 is 1.58 bits per heavy atom. The van der Waals surface area contributed by atoms with Crippen LogP contribution in [0, 0.1) is 0 Å². The molecule has 0 aliphatic carbocycles. The lowest BCUT2D eigenvalue weighted by Crippen LogP contribution is -1.91. The molecule has 0 fully saturated rings. The molecular formula is C10H26Si2. The Morgan fingerprint density at radius 3 is 2.17 bits per heavy atom. The molecule has 0 aromatic carbocycles. The predicted molar refractivity (Wildman–Crippen MR) is 66.4 cm³/mol. The summed E-state index contributed by atoms with van der Waals surface area (Å²) < 4.78 is 0. The maximum atomic E-state index is 2.29. The van der Waals surface area contributed by atoms with E-state index in [2.05, 4.69) is 6.92 Å². The molecule has 0 radical (unpaired) electrons. The van der Waals surface area contributed by atoms with Crippen LogP contribution in [0.2, 0.25) is 11.6 Å². The first-order valence-corrected chi connectivity index (χ1v) is 8.38. The number of hydrogen-bond donors (Lipinski definition) is 0. The third-order valence-corrected chi connectivity index (χ3v) is 7.17. The van der Waals surface area contributed by atoms with Gasteiger partial charge in [-0.1, -0.05) is 63.5 Å². The summed E-state index contributed by atoms with van der Waals surface area (Å²) >= 11 is 0. The fourth-order valence-electron chi connectivity index (χ4n) is 1.48. The Balaban J connectivity index is 2.90. The summed E-state index contributed by atoms with van der Waals surface area (Å²) in [7, 11) is 2.87. The average Bonchev–Trinajstić information content (AvgIpc) is 2.10. The number of hydrogen-bond acceptors (Lipinski definition) is 0. The monoisotopic (exact) mass is 202 g/mol. The van der Waals surface area contributed by atoms with Crippen molar-refractivity contribution in [2.75, 3.05) is 0 Å². The Bertz CT molecular complexity index is 83.9. The van der Waals surface area contributed by atoms with E-state index in [4.69, 9.17) is 0 Å². The van der Waals surface area contributed by atoms with Gasteiger partial charge in [0.25, 0.3) is 0 Å². The Hall–Kier alpha value is 0.434. The largest absolute Gasteiger partial charge is 0.0662 e. The van der Waals surface area contributed by atoms with Gasteiger partial charge in [-0.15, -0.1) is 0 Å². The molecule has 0 aliphatic rings. The molecule has 0 nitrogen and oxygen atoms in total. The fourth-order valence-corrected chi connectivity index (χ4v) is 2.29. The predicted octanol–water partition coefficient (Wildman–Crippen LogP) is 1.67. The lowest BCUT2D eigenvalue weighted by molar-refractivity contribution is 0.585. The van der Waals surface area contributed by atoms with Crippen molar-refractivity contribution in [3.8, 4) is 0 Å². The Morgan fingerprint density at radius 1 is 1.00 bits per heavy atom. The summed E-state index contributed by atoms with van der Waals surface area (Å²) in [4.78, 5) is 0. The van der Waals surface area contributed by atoms with Crippen molar-refractivity contribution in [3.05, 3.63) is 0 Å². The minimum atomic E-state index is 1.16. The summed E-state index contributed by atoms with van der Waals surface area (Å²) in [6.45, 7) is 2.29. The molecule has 0 bridgehead atoms. The van der Waals surface area contributed by atoms with E-state index in [1.165, 1.54) is 59.0 Å². The normalized spacial score (nSPS) is 13.8. The first-order chi connectivity index (χ1) is 5.81. The molecule has 0 N–H and O–H groups in total. The van der Waals surface area contributed by atoms with Crippen molar-refractivity contribution in [1.29, 1.82) is 0 Å². The van der Waals surface area contributed by atoms with Crippen LogP contribution in [-0.2, 0) is 0 Å². The lowest BCUT2D eigenvalue weighted by atomic mass is 10.1. The molecular weight excluding hydrogens is 176 g/mol. The van der Waals surface area contributed by atoms with E-state index in [1.807, 2.05) is 0 Å². The number of unbranched alkanes of at least 4 members (excludes halogenated alkanes) is 5. The zero-order chi connectivity index (χ0) is 9.23. The Kier molecular flexibility index (Phi) is 9.87. The third-order valence-electron chi connectivity index (χ3n) is 2.75. The smallest absolute Gasteiger partial charge is 0.00633 e. The highest BCUT2D eigenvalue weighted by molar-refractivity contribution is 6.18. The minimum absolute atomic E-state index is 1.16. The summed E-state index contributed by atoms with van der Waals surface area (Å²) in [6, 6.07) is 1.56. The molecule has 0 saturated carbocycles. The zero-order valence-electron chi connectivity index (χ0n) is 9.23. The molecule has 0 aromatic rings. The van der Waals surface area contributed by atoms with Crippen molar-refractivity contribution in [2.24, 2.45) is 0 Å². The van der Waals surface area contributed by atoms with Crippen LogP contribution < -0.4 is 0 Å². The van der Waals surface area contributed by atoms with Crippen molar-refractivity contribution in [1.82, 2.24) is 0 Å². The van der Waals surface area contributed by atoms with Gasteiger partial charge in [-0.25, -0.2) is 0 Å². The van der Waals surface area contributed by atoms with Gasteiger partial charge in [0, 0.05) is 20.5 Å². The molecule has 12 heavy (non-hydrogen) atoms. The topological polar surface area (TPSA) is 0 Å². The van der Waals surface area contributed by atoms with E-state index in [-0.39, 0.29) is 0 Å². The maximum Gasteiger partial charge on any atom is 0.00633 e. The molecule has 0 aliphatic heterocycles. The van der Waals surface area contributed by atoms with Crippen molar-refractivity contribution >= 4 is 20.5 Å². The second-order valence-corrected chi connectivity index (χ2v) is 6.52. The summed E-state index contributed by atoms with van der Waals surface area (Å²) in [5.74, 6) is 0. The van der Waals surface area contributed by atoms with E-state index < -0.39 is 0 Å². The van der Waals surface area contributed by atoms with Crippen LogP contribution in [0.3, 0.4) is 0 Å². The first-order valence-electron chi connectivity index (χ1n) is 5.81. The summed E-state index contributed by atoms with van der Waals surface area (Å²) in [5.41, 5.74) is 1.16. The molecule has 2 heteroatoms. The van der Waals surface area contributed by atoms with Crippen LogP contribution in [0.25, 0.3) is 0 Å². The van der Waals surface area contributed by atoms with Gasteiger partial charge in [-0.05, 0) is 0 Å². The van der Waals surface area contributed by atoms with Gasteiger partial charge in [0.05, 0.1) is 0 Å². The van der Waals surface area contributed by atoms with Crippen LogP contribution in [0.1, 0.15) is 51.9 Å². The van der Waals surface area contributed by atoms with Crippen LogP contribution in [0.4, 0.5) is 0 Å². The maximum absolute atomic E-state index is 2.29. The SMILES string of the molecule is CCCCCCCCC([SiH3])C[SiH3]. The van der Waals surface area contributed by atoms with Gasteiger partial charge >= 0.3 is 0 Å². The van der Waals surface area contributed by atoms with Gasteiger partial charge in [0.2, 0.25) is 0 Å². The molecule has 0 saturated heterocycles. The third kappa shape index (κ3) is 8.53. The van der Waals surface area contributed by atoms with Crippen molar-refractivity contribution < 1.29 is 0 Å². The molecule has 74 valence electrons. The van der Waals surface area contributed by atoms with Gasteiger partial charge < -0.3 is 0 Å². The average molecular weight is 202 g/mol. The van der Waals surface area contributed by atoms with Crippen LogP contribution in [0.5, 0.6) is 0 Å². The molecule has 0 heterocycles. The highest BCUT2D eigenvalue weighted by atomic mass is 28.2. The number of rotatable bonds is 8. The lowest BCUT2D eigenvalue weighted by Gasteiger charge is -2.06. The van der Waals surface area contributed by atoms with Crippen LogP contribution in [0.15, 0.2) is 0 Å². The standard InChI is InChI=1S/C10H26Si2/c1-2-3-4-5-6-7-8-10(12)9-11/h10H,2-9H2,1,11-12H3. The van der Waals surface area contributed by atoms with Crippen molar-refractivity contribution in [3.63, 3.8) is 0 Å². The van der Waals surface area contributed by atoms with E-state index >= 15 is 0 Å². The van der Waals surface area contributed by atoms with E-state index in [1.54, 1.807) is 12.5 Å². The molecule has 0 amide bonds. The van der Waals surface area contributed by atoms with Crippen LogP contribution in [-0.4, -0.2) is 20.5 Å². The van der Waals surface area contributed by atoms with Gasteiger partial charge in [0.15, 0.2) is 0 Å². The van der Waals surface area contributed by atoms with E-state index in [0.29, 0.717) is 0 Å². The summed E-state index contributed by atoms with van der Waals surface area (Å²) in [5, 5.41) is 0. The summed E-state index contributed by atoms with van der Waals surface area (Å²) in [6.07, 6.45) is 10.4. The molecule has 0 spiro atoms. The van der Waals surface area contributed by atoms with Crippen molar-refractivity contribution in [2.45, 2.75) is 63.5 Å². The second kappa shape index (κ2) is 9.52. The highest BCUT2D eigenvalue weighted by Crippen LogP contribution is 2.15. The minimum Gasteiger partial charge on any atom is -0.0662 e. The van der Waals surface area contributed by atoms with Gasteiger partial charge in [-0.2, -0.15) is 0 Å². The second-order valence-electron chi connectivity index (χ2n) is 4.07.